The number of rotatable bonds is 6. The molecule has 0 fully saturated rings. The molecule has 0 saturated carbocycles. The van der Waals surface area contributed by atoms with E-state index in [9.17, 15) is 4.39 Å². The first-order valence-corrected chi connectivity index (χ1v) is 7.30. The first kappa shape index (κ1) is 15.5. The third-order valence-electron chi connectivity index (χ3n) is 3.51. The molecule has 0 amide bonds. The molecule has 0 heterocycles. The molecule has 0 aliphatic rings. The first-order chi connectivity index (χ1) is 10.2. The van der Waals surface area contributed by atoms with Gasteiger partial charge in [0.2, 0.25) is 0 Å². The molecule has 3 heteroatoms. The van der Waals surface area contributed by atoms with Crippen molar-refractivity contribution in [3.8, 4) is 16.9 Å². The smallest absolute Gasteiger partial charge is 0.126 e. The van der Waals surface area contributed by atoms with E-state index in [1.807, 2.05) is 6.92 Å². The second kappa shape index (κ2) is 7.23. The molecule has 0 aliphatic heterocycles. The Labute approximate surface area is 126 Å². The highest BCUT2D eigenvalue weighted by Gasteiger charge is 2.10. The molecule has 2 nitrogen and oxygen atoms in total. The van der Waals surface area contributed by atoms with Crippen LogP contribution in [0.4, 0.5) is 4.39 Å². The van der Waals surface area contributed by atoms with Crippen molar-refractivity contribution in [1.29, 1.82) is 0 Å². The molecule has 112 valence electrons. The van der Waals surface area contributed by atoms with Gasteiger partial charge >= 0.3 is 0 Å². The molecule has 0 spiro atoms. The average molecular weight is 287 g/mol. The van der Waals surface area contributed by atoms with Crippen molar-refractivity contribution in [2.75, 3.05) is 13.7 Å². The normalized spacial score (nSPS) is 10.7. The Morgan fingerprint density at radius 2 is 1.90 bits per heavy atom. The van der Waals surface area contributed by atoms with Gasteiger partial charge in [0.15, 0.2) is 0 Å². The highest BCUT2D eigenvalue weighted by molar-refractivity contribution is 5.73. The zero-order valence-corrected chi connectivity index (χ0v) is 12.9. The summed E-state index contributed by atoms with van der Waals surface area (Å²) in [6.45, 7) is 5.99. The third-order valence-corrected chi connectivity index (χ3v) is 3.51. The van der Waals surface area contributed by atoms with E-state index in [0.29, 0.717) is 5.75 Å². The van der Waals surface area contributed by atoms with Crippen molar-refractivity contribution in [2.24, 2.45) is 0 Å². The monoisotopic (exact) mass is 287 g/mol. The lowest BCUT2D eigenvalue weighted by Gasteiger charge is -2.13. The predicted octanol–water partition coefficient (Wildman–Crippen LogP) is 4.31. The SMILES string of the molecule is CCCNCc1ccc(C)c(-c2cc(F)ccc2OC)c1. The van der Waals surface area contributed by atoms with Gasteiger partial charge < -0.3 is 10.1 Å². The molecule has 0 radical (unpaired) electrons. The van der Waals surface area contributed by atoms with E-state index in [1.54, 1.807) is 13.2 Å². The van der Waals surface area contributed by atoms with Gasteiger partial charge in [-0.25, -0.2) is 4.39 Å². The van der Waals surface area contributed by atoms with E-state index in [4.69, 9.17) is 4.74 Å². The van der Waals surface area contributed by atoms with Crippen LogP contribution in [-0.2, 0) is 6.54 Å². The van der Waals surface area contributed by atoms with Crippen LogP contribution in [-0.4, -0.2) is 13.7 Å². The van der Waals surface area contributed by atoms with Crippen LogP contribution in [0.3, 0.4) is 0 Å². The standard InChI is InChI=1S/C18H22FNO/c1-4-9-20-12-14-6-5-13(2)16(10-14)17-11-15(19)7-8-18(17)21-3/h5-8,10-11,20H,4,9,12H2,1-3H3. The number of ether oxygens (including phenoxy) is 1. The maximum atomic E-state index is 13.6. The van der Waals surface area contributed by atoms with Crippen molar-refractivity contribution in [2.45, 2.75) is 26.8 Å². The van der Waals surface area contributed by atoms with E-state index < -0.39 is 0 Å². The Balaban J connectivity index is 2.38. The molecule has 0 aromatic heterocycles. The zero-order valence-electron chi connectivity index (χ0n) is 12.9. The summed E-state index contributed by atoms with van der Waals surface area (Å²) in [5.41, 5.74) is 4.11. The molecule has 2 rings (SSSR count). The maximum Gasteiger partial charge on any atom is 0.126 e. The topological polar surface area (TPSA) is 21.3 Å². The summed E-state index contributed by atoms with van der Waals surface area (Å²) in [5.74, 6) is 0.442. The molecule has 0 bridgehead atoms. The molecule has 21 heavy (non-hydrogen) atoms. The van der Waals surface area contributed by atoms with Crippen molar-refractivity contribution in [3.63, 3.8) is 0 Å². The van der Waals surface area contributed by atoms with Gasteiger partial charge in [0.25, 0.3) is 0 Å². The van der Waals surface area contributed by atoms with Crippen LogP contribution in [0.2, 0.25) is 0 Å². The maximum absolute atomic E-state index is 13.6. The zero-order chi connectivity index (χ0) is 15.2. The fraction of sp³-hybridized carbons (Fsp3) is 0.333. The fourth-order valence-corrected chi connectivity index (χ4v) is 2.37. The van der Waals surface area contributed by atoms with Crippen LogP contribution < -0.4 is 10.1 Å². The lowest BCUT2D eigenvalue weighted by molar-refractivity contribution is 0.415. The second-order valence-electron chi connectivity index (χ2n) is 5.17. The average Bonchev–Trinajstić information content (AvgIpc) is 2.49. The highest BCUT2D eigenvalue weighted by atomic mass is 19.1. The van der Waals surface area contributed by atoms with Gasteiger partial charge in [0.1, 0.15) is 11.6 Å². The van der Waals surface area contributed by atoms with E-state index in [2.05, 4.69) is 30.4 Å². The lowest BCUT2D eigenvalue weighted by atomic mass is 9.97. The largest absolute Gasteiger partial charge is 0.496 e. The van der Waals surface area contributed by atoms with Gasteiger partial charge in [0.05, 0.1) is 7.11 Å². The Hall–Kier alpha value is -1.87. The molecule has 2 aromatic carbocycles. The minimum absolute atomic E-state index is 0.250. The van der Waals surface area contributed by atoms with Crippen LogP contribution in [0.5, 0.6) is 5.75 Å². The van der Waals surface area contributed by atoms with E-state index in [1.165, 1.54) is 17.7 Å². The highest BCUT2D eigenvalue weighted by Crippen LogP contribution is 2.33. The Bertz CT molecular complexity index is 610. The van der Waals surface area contributed by atoms with E-state index in [0.717, 1.165) is 36.2 Å². The molecule has 0 atom stereocenters. The fourth-order valence-electron chi connectivity index (χ4n) is 2.37. The van der Waals surface area contributed by atoms with Gasteiger partial charge in [-0.15, -0.1) is 0 Å². The first-order valence-electron chi connectivity index (χ1n) is 7.30. The summed E-state index contributed by atoms with van der Waals surface area (Å²) in [4.78, 5) is 0. The molecular weight excluding hydrogens is 265 g/mol. The van der Waals surface area contributed by atoms with Gasteiger partial charge in [-0.2, -0.15) is 0 Å². The number of nitrogens with one attached hydrogen (secondary N) is 1. The predicted molar refractivity (Wildman–Crippen MR) is 85.1 cm³/mol. The number of hydrogen-bond donors (Lipinski definition) is 1. The van der Waals surface area contributed by atoms with Gasteiger partial charge in [0, 0.05) is 12.1 Å². The van der Waals surface area contributed by atoms with Crippen molar-refractivity contribution in [3.05, 3.63) is 53.3 Å². The number of benzene rings is 2. The summed E-state index contributed by atoms with van der Waals surface area (Å²) in [6.07, 6.45) is 1.11. The summed E-state index contributed by atoms with van der Waals surface area (Å²) in [6, 6.07) is 10.9. The Kier molecular flexibility index (Phi) is 5.34. The molecule has 0 aliphatic carbocycles. The lowest BCUT2D eigenvalue weighted by Crippen LogP contribution is -2.13. The van der Waals surface area contributed by atoms with Gasteiger partial charge in [-0.05, 0) is 60.8 Å². The van der Waals surface area contributed by atoms with Crippen LogP contribution in [0, 0.1) is 12.7 Å². The van der Waals surface area contributed by atoms with Crippen LogP contribution in [0.15, 0.2) is 36.4 Å². The summed E-state index contributed by atoms with van der Waals surface area (Å²) in [5, 5.41) is 3.38. The molecular formula is C18H22FNO. The van der Waals surface area contributed by atoms with Crippen molar-refractivity contribution >= 4 is 0 Å². The molecule has 1 N–H and O–H groups in total. The third kappa shape index (κ3) is 3.82. The minimum Gasteiger partial charge on any atom is -0.496 e. The quantitative estimate of drug-likeness (QED) is 0.799. The van der Waals surface area contributed by atoms with E-state index >= 15 is 0 Å². The molecule has 2 aromatic rings. The minimum atomic E-state index is -0.250. The summed E-state index contributed by atoms with van der Waals surface area (Å²) >= 11 is 0. The van der Waals surface area contributed by atoms with Crippen LogP contribution >= 0.6 is 0 Å². The summed E-state index contributed by atoms with van der Waals surface area (Å²) < 4.78 is 18.9. The molecule has 0 saturated heterocycles. The van der Waals surface area contributed by atoms with Crippen LogP contribution in [0.25, 0.3) is 11.1 Å². The van der Waals surface area contributed by atoms with Crippen molar-refractivity contribution < 1.29 is 9.13 Å². The number of halogens is 1. The van der Waals surface area contributed by atoms with Gasteiger partial charge in [-0.1, -0.05) is 19.1 Å². The Morgan fingerprint density at radius 3 is 2.62 bits per heavy atom. The van der Waals surface area contributed by atoms with E-state index in [-0.39, 0.29) is 5.82 Å². The van der Waals surface area contributed by atoms with Crippen molar-refractivity contribution in [1.82, 2.24) is 5.32 Å². The molecule has 0 unspecified atom stereocenters. The number of hydrogen-bond acceptors (Lipinski definition) is 2. The van der Waals surface area contributed by atoms with Crippen LogP contribution in [0.1, 0.15) is 24.5 Å². The number of methoxy groups -OCH3 is 1. The summed E-state index contributed by atoms with van der Waals surface area (Å²) in [7, 11) is 1.61. The Morgan fingerprint density at radius 1 is 1.10 bits per heavy atom. The second-order valence-corrected chi connectivity index (χ2v) is 5.17. The van der Waals surface area contributed by atoms with Gasteiger partial charge in [-0.3, -0.25) is 0 Å². The number of aryl methyl sites for hydroxylation is 1.